The van der Waals surface area contributed by atoms with Crippen molar-refractivity contribution in [3.8, 4) is 0 Å². The van der Waals surface area contributed by atoms with Crippen molar-refractivity contribution in [2.24, 2.45) is 0 Å². The number of hydrogen-bond donors (Lipinski definition) is 0. The van der Waals surface area contributed by atoms with E-state index in [1.165, 1.54) is 11.4 Å². The van der Waals surface area contributed by atoms with Crippen LogP contribution in [0.3, 0.4) is 0 Å². The Morgan fingerprint density at radius 3 is 2.31 bits per heavy atom. The second-order valence-electron chi connectivity index (χ2n) is 3.40. The largest absolute Gasteiger partial charge is 0.349 e. The van der Waals surface area contributed by atoms with Crippen LogP contribution in [0.25, 0.3) is 0 Å². The molecule has 0 N–H and O–H groups in total. The Labute approximate surface area is 82.4 Å². The van der Waals surface area contributed by atoms with Gasteiger partial charge < -0.3 is 4.57 Å². The molecule has 0 aliphatic heterocycles. The minimum atomic E-state index is -0.654. The van der Waals surface area contributed by atoms with Gasteiger partial charge >= 0.3 is 0 Å². The third-order valence-electron chi connectivity index (χ3n) is 2.23. The van der Waals surface area contributed by atoms with E-state index in [-0.39, 0.29) is 0 Å². The summed E-state index contributed by atoms with van der Waals surface area (Å²) in [6.07, 6.45) is 2.76. The van der Waals surface area contributed by atoms with Gasteiger partial charge in [-0.25, -0.2) is 0 Å². The SMILES string of the molecule is Cc1ccc(C)n1CCCS(C)=O. The molecule has 1 aromatic heterocycles. The first-order valence-electron chi connectivity index (χ1n) is 4.54. The van der Waals surface area contributed by atoms with Crippen molar-refractivity contribution < 1.29 is 4.21 Å². The maximum atomic E-state index is 10.8. The lowest BCUT2D eigenvalue weighted by Gasteiger charge is -2.07. The highest BCUT2D eigenvalue weighted by atomic mass is 32.2. The number of aryl methyl sites for hydroxylation is 2. The van der Waals surface area contributed by atoms with Crippen LogP contribution in [-0.2, 0) is 17.3 Å². The molecule has 3 heteroatoms. The maximum absolute atomic E-state index is 10.8. The van der Waals surface area contributed by atoms with Gasteiger partial charge in [-0.3, -0.25) is 4.21 Å². The summed E-state index contributed by atoms with van der Waals surface area (Å²) in [5.41, 5.74) is 2.58. The fraction of sp³-hybridized carbons (Fsp3) is 0.600. The average molecular weight is 199 g/mol. The van der Waals surface area contributed by atoms with E-state index in [9.17, 15) is 4.21 Å². The fourth-order valence-corrected chi connectivity index (χ4v) is 2.01. The zero-order valence-corrected chi connectivity index (χ0v) is 9.36. The lowest BCUT2D eigenvalue weighted by molar-refractivity contribution is 0.641. The Morgan fingerprint density at radius 1 is 1.31 bits per heavy atom. The Balaban J connectivity index is 2.49. The molecule has 74 valence electrons. The fourth-order valence-electron chi connectivity index (χ4n) is 1.48. The Kier molecular flexibility index (Phi) is 3.72. The van der Waals surface area contributed by atoms with Crippen LogP contribution in [0.2, 0.25) is 0 Å². The standard InChI is InChI=1S/C10H17NOS/c1-9-5-6-10(2)11(9)7-4-8-13(3)12/h5-6H,4,7-8H2,1-3H3. The summed E-state index contributed by atoms with van der Waals surface area (Å²) in [4.78, 5) is 0. The molecular formula is C10H17NOS. The van der Waals surface area contributed by atoms with Gasteiger partial charge in [0.1, 0.15) is 0 Å². The molecule has 13 heavy (non-hydrogen) atoms. The van der Waals surface area contributed by atoms with Crippen molar-refractivity contribution in [2.45, 2.75) is 26.8 Å². The molecule has 0 aliphatic rings. The molecule has 0 aliphatic carbocycles. The van der Waals surface area contributed by atoms with Gasteiger partial charge in [-0.1, -0.05) is 0 Å². The second kappa shape index (κ2) is 4.61. The summed E-state index contributed by atoms with van der Waals surface area (Å²) < 4.78 is 13.1. The molecule has 0 saturated carbocycles. The Bertz CT molecular complexity index is 284. The van der Waals surface area contributed by atoms with Crippen LogP contribution in [0.5, 0.6) is 0 Å². The van der Waals surface area contributed by atoms with Gasteiger partial charge in [-0.05, 0) is 32.4 Å². The van der Waals surface area contributed by atoms with Crippen molar-refractivity contribution in [2.75, 3.05) is 12.0 Å². The molecule has 0 amide bonds. The van der Waals surface area contributed by atoms with Gasteiger partial charge in [0.15, 0.2) is 0 Å². The highest BCUT2D eigenvalue weighted by Gasteiger charge is 2.00. The van der Waals surface area contributed by atoms with E-state index in [4.69, 9.17) is 0 Å². The molecule has 0 aromatic carbocycles. The summed E-state index contributed by atoms with van der Waals surface area (Å²) in [6, 6.07) is 4.25. The van der Waals surface area contributed by atoms with Crippen LogP contribution in [0.1, 0.15) is 17.8 Å². The first kappa shape index (κ1) is 10.5. The summed E-state index contributed by atoms with van der Waals surface area (Å²) in [7, 11) is -0.654. The van der Waals surface area contributed by atoms with Crippen molar-refractivity contribution in [3.05, 3.63) is 23.5 Å². The van der Waals surface area contributed by atoms with Crippen LogP contribution in [0, 0.1) is 13.8 Å². The molecule has 0 radical (unpaired) electrons. The molecule has 0 bridgehead atoms. The third-order valence-corrected chi connectivity index (χ3v) is 3.09. The molecular weight excluding hydrogens is 182 g/mol. The van der Waals surface area contributed by atoms with Gasteiger partial charge in [0.25, 0.3) is 0 Å². The van der Waals surface area contributed by atoms with Gasteiger partial charge in [0.2, 0.25) is 0 Å². The van der Waals surface area contributed by atoms with E-state index < -0.39 is 10.8 Å². The van der Waals surface area contributed by atoms with Gasteiger partial charge in [0.05, 0.1) is 0 Å². The van der Waals surface area contributed by atoms with Crippen molar-refractivity contribution in [3.63, 3.8) is 0 Å². The van der Waals surface area contributed by atoms with E-state index >= 15 is 0 Å². The molecule has 1 unspecified atom stereocenters. The van der Waals surface area contributed by atoms with Gasteiger partial charge in [-0.15, -0.1) is 0 Å². The normalized spacial score (nSPS) is 13.2. The summed E-state index contributed by atoms with van der Waals surface area (Å²) in [5.74, 6) is 0.803. The lowest BCUT2D eigenvalue weighted by atomic mass is 10.4. The maximum Gasteiger partial charge on any atom is 0.0249 e. The molecule has 1 aromatic rings. The van der Waals surface area contributed by atoms with E-state index in [0.717, 1.165) is 18.7 Å². The monoisotopic (exact) mass is 199 g/mol. The van der Waals surface area contributed by atoms with Crippen molar-refractivity contribution in [1.29, 1.82) is 0 Å². The zero-order valence-electron chi connectivity index (χ0n) is 8.54. The second-order valence-corrected chi connectivity index (χ2v) is 4.95. The van der Waals surface area contributed by atoms with Crippen LogP contribution >= 0.6 is 0 Å². The number of rotatable bonds is 4. The number of aromatic nitrogens is 1. The van der Waals surface area contributed by atoms with Crippen molar-refractivity contribution >= 4 is 10.8 Å². The average Bonchev–Trinajstić information content (AvgIpc) is 2.34. The molecule has 1 rings (SSSR count). The molecule has 0 fully saturated rings. The summed E-state index contributed by atoms with van der Waals surface area (Å²) >= 11 is 0. The topological polar surface area (TPSA) is 22.0 Å². The van der Waals surface area contributed by atoms with Crippen molar-refractivity contribution in [1.82, 2.24) is 4.57 Å². The Morgan fingerprint density at radius 2 is 1.85 bits per heavy atom. The number of nitrogens with zero attached hydrogens (tertiary/aromatic N) is 1. The van der Waals surface area contributed by atoms with E-state index in [1.54, 1.807) is 6.26 Å². The summed E-state index contributed by atoms with van der Waals surface area (Å²) in [5, 5.41) is 0. The van der Waals surface area contributed by atoms with Gasteiger partial charge in [0, 0.05) is 40.7 Å². The minimum Gasteiger partial charge on any atom is -0.349 e. The molecule has 0 spiro atoms. The van der Waals surface area contributed by atoms with Crippen LogP contribution in [0.15, 0.2) is 12.1 Å². The van der Waals surface area contributed by atoms with Gasteiger partial charge in [-0.2, -0.15) is 0 Å². The minimum absolute atomic E-state index is 0.654. The highest BCUT2D eigenvalue weighted by molar-refractivity contribution is 7.84. The van der Waals surface area contributed by atoms with E-state index in [1.807, 2.05) is 0 Å². The van der Waals surface area contributed by atoms with Crippen LogP contribution in [-0.4, -0.2) is 20.8 Å². The molecule has 1 heterocycles. The lowest BCUT2D eigenvalue weighted by Crippen LogP contribution is -2.05. The molecule has 2 nitrogen and oxygen atoms in total. The van der Waals surface area contributed by atoms with E-state index in [0.29, 0.717) is 0 Å². The smallest absolute Gasteiger partial charge is 0.0249 e. The predicted molar refractivity (Wildman–Crippen MR) is 57.5 cm³/mol. The quantitative estimate of drug-likeness (QED) is 0.725. The van der Waals surface area contributed by atoms with Crippen LogP contribution < -0.4 is 0 Å². The highest BCUT2D eigenvalue weighted by Crippen LogP contribution is 2.07. The zero-order chi connectivity index (χ0) is 9.84. The van der Waals surface area contributed by atoms with Crippen LogP contribution in [0.4, 0.5) is 0 Å². The first-order chi connectivity index (χ1) is 6.11. The summed E-state index contributed by atoms with van der Waals surface area (Å²) in [6.45, 7) is 5.20. The molecule has 1 atom stereocenters. The molecule has 0 saturated heterocycles. The number of hydrogen-bond acceptors (Lipinski definition) is 1. The third kappa shape index (κ3) is 2.99. The van der Waals surface area contributed by atoms with E-state index in [2.05, 4.69) is 30.5 Å². The Hall–Kier alpha value is -0.570. The first-order valence-corrected chi connectivity index (χ1v) is 6.26. The predicted octanol–water partition coefficient (Wildman–Crippen LogP) is 1.87.